The molecular formula is C10H13NO. The van der Waals surface area contributed by atoms with E-state index in [4.69, 9.17) is 0 Å². The first-order chi connectivity index (χ1) is 5.75. The molecule has 0 saturated heterocycles. The molecule has 1 aliphatic heterocycles. The summed E-state index contributed by atoms with van der Waals surface area (Å²) in [7, 11) is 0. The van der Waals surface area contributed by atoms with E-state index in [2.05, 4.69) is 12.2 Å². The highest BCUT2D eigenvalue weighted by Crippen LogP contribution is 2.20. The second kappa shape index (κ2) is 2.79. The SMILES string of the molecule is C[C@@H]1Cc2ccc(O)cc2CN1. The van der Waals surface area contributed by atoms with Gasteiger partial charge in [-0.1, -0.05) is 6.07 Å². The Balaban J connectivity index is 2.37. The van der Waals surface area contributed by atoms with E-state index in [1.165, 1.54) is 11.1 Å². The Morgan fingerprint density at radius 2 is 2.25 bits per heavy atom. The molecule has 2 rings (SSSR count). The van der Waals surface area contributed by atoms with E-state index in [1.807, 2.05) is 12.1 Å². The lowest BCUT2D eigenvalue weighted by Gasteiger charge is -2.22. The summed E-state index contributed by atoms with van der Waals surface area (Å²) in [6.45, 7) is 3.06. The molecule has 1 heterocycles. The zero-order valence-electron chi connectivity index (χ0n) is 7.17. The first-order valence-corrected chi connectivity index (χ1v) is 4.30. The van der Waals surface area contributed by atoms with Crippen LogP contribution in [0.4, 0.5) is 0 Å². The van der Waals surface area contributed by atoms with Gasteiger partial charge >= 0.3 is 0 Å². The normalized spacial score (nSPS) is 21.9. The molecule has 0 bridgehead atoms. The van der Waals surface area contributed by atoms with Crippen LogP contribution in [0.3, 0.4) is 0 Å². The average molecular weight is 163 g/mol. The minimum Gasteiger partial charge on any atom is -0.508 e. The Morgan fingerprint density at radius 1 is 1.42 bits per heavy atom. The van der Waals surface area contributed by atoms with Crippen LogP contribution in [0.2, 0.25) is 0 Å². The van der Waals surface area contributed by atoms with Gasteiger partial charge in [-0.25, -0.2) is 0 Å². The predicted molar refractivity (Wildman–Crippen MR) is 48.1 cm³/mol. The van der Waals surface area contributed by atoms with Crippen LogP contribution in [0.1, 0.15) is 18.1 Å². The van der Waals surface area contributed by atoms with Gasteiger partial charge in [0, 0.05) is 12.6 Å². The summed E-state index contributed by atoms with van der Waals surface area (Å²) in [5.74, 6) is 0.366. The highest BCUT2D eigenvalue weighted by Gasteiger charge is 2.13. The molecule has 1 atom stereocenters. The maximum atomic E-state index is 9.23. The fourth-order valence-corrected chi connectivity index (χ4v) is 1.66. The van der Waals surface area contributed by atoms with Crippen LogP contribution in [0, 0.1) is 0 Å². The van der Waals surface area contributed by atoms with E-state index >= 15 is 0 Å². The van der Waals surface area contributed by atoms with E-state index in [9.17, 15) is 5.11 Å². The van der Waals surface area contributed by atoms with Crippen LogP contribution < -0.4 is 5.32 Å². The summed E-state index contributed by atoms with van der Waals surface area (Å²) < 4.78 is 0. The summed E-state index contributed by atoms with van der Waals surface area (Å²) in [6.07, 6.45) is 1.07. The van der Waals surface area contributed by atoms with Crippen molar-refractivity contribution in [3.8, 4) is 5.75 Å². The number of rotatable bonds is 0. The van der Waals surface area contributed by atoms with E-state index in [0.717, 1.165) is 13.0 Å². The number of fused-ring (bicyclic) bond motifs is 1. The molecule has 1 aromatic rings. The Hall–Kier alpha value is -1.02. The van der Waals surface area contributed by atoms with Crippen molar-refractivity contribution in [2.24, 2.45) is 0 Å². The second-order valence-corrected chi connectivity index (χ2v) is 3.44. The molecule has 0 spiro atoms. The number of aromatic hydroxyl groups is 1. The van der Waals surface area contributed by atoms with Crippen molar-refractivity contribution >= 4 is 0 Å². The first-order valence-electron chi connectivity index (χ1n) is 4.30. The molecular weight excluding hydrogens is 150 g/mol. The Morgan fingerprint density at radius 3 is 3.08 bits per heavy atom. The third-order valence-electron chi connectivity index (χ3n) is 2.36. The van der Waals surface area contributed by atoms with Gasteiger partial charge in [0.25, 0.3) is 0 Å². The van der Waals surface area contributed by atoms with Gasteiger partial charge in [-0.3, -0.25) is 0 Å². The zero-order chi connectivity index (χ0) is 8.55. The summed E-state index contributed by atoms with van der Waals surface area (Å²) in [6, 6.07) is 6.18. The molecule has 0 saturated carbocycles. The summed E-state index contributed by atoms with van der Waals surface area (Å²) in [5, 5.41) is 12.6. The molecule has 0 aromatic heterocycles. The van der Waals surface area contributed by atoms with Gasteiger partial charge in [-0.05, 0) is 36.6 Å². The molecule has 1 aliphatic rings. The van der Waals surface area contributed by atoms with E-state index < -0.39 is 0 Å². The predicted octanol–water partition coefficient (Wildman–Crippen LogP) is 1.43. The van der Waals surface area contributed by atoms with Crippen molar-refractivity contribution in [2.45, 2.75) is 25.9 Å². The smallest absolute Gasteiger partial charge is 0.115 e. The largest absolute Gasteiger partial charge is 0.508 e. The lowest BCUT2D eigenvalue weighted by molar-refractivity contribution is 0.468. The van der Waals surface area contributed by atoms with Gasteiger partial charge in [0.05, 0.1) is 0 Å². The van der Waals surface area contributed by atoms with Crippen LogP contribution in [0.25, 0.3) is 0 Å². The van der Waals surface area contributed by atoms with Crippen LogP contribution >= 0.6 is 0 Å². The highest BCUT2D eigenvalue weighted by atomic mass is 16.3. The second-order valence-electron chi connectivity index (χ2n) is 3.44. The Bertz CT molecular complexity index is 296. The molecule has 0 amide bonds. The zero-order valence-corrected chi connectivity index (χ0v) is 7.17. The summed E-state index contributed by atoms with van der Waals surface area (Å²) >= 11 is 0. The molecule has 64 valence electrons. The maximum Gasteiger partial charge on any atom is 0.115 e. The monoisotopic (exact) mass is 163 g/mol. The third-order valence-corrected chi connectivity index (χ3v) is 2.36. The van der Waals surface area contributed by atoms with Crippen molar-refractivity contribution in [3.05, 3.63) is 29.3 Å². The molecule has 2 nitrogen and oxygen atoms in total. The van der Waals surface area contributed by atoms with Crippen LogP contribution in [-0.4, -0.2) is 11.1 Å². The maximum absolute atomic E-state index is 9.23. The Kier molecular flexibility index (Phi) is 1.77. The lowest BCUT2D eigenvalue weighted by Crippen LogP contribution is -2.32. The van der Waals surface area contributed by atoms with Crippen LogP contribution in [0.15, 0.2) is 18.2 Å². The minimum atomic E-state index is 0.366. The fraction of sp³-hybridized carbons (Fsp3) is 0.400. The number of nitrogens with one attached hydrogen (secondary N) is 1. The van der Waals surface area contributed by atoms with Crippen molar-refractivity contribution in [2.75, 3.05) is 0 Å². The highest BCUT2D eigenvalue weighted by molar-refractivity contribution is 5.36. The Labute approximate surface area is 72.2 Å². The molecule has 2 N–H and O–H groups in total. The molecule has 0 radical (unpaired) electrons. The van der Waals surface area contributed by atoms with Gasteiger partial charge in [-0.15, -0.1) is 0 Å². The van der Waals surface area contributed by atoms with Crippen molar-refractivity contribution in [1.82, 2.24) is 5.32 Å². The molecule has 0 unspecified atom stereocenters. The van der Waals surface area contributed by atoms with Gasteiger partial charge in [0.15, 0.2) is 0 Å². The number of phenolic OH excluding ortho intramolecular Hbond substituents is 1. The van der Waals surface area contributed by atoms with Crippen molar-refractivity contribution in [1.29, 1.82) is 0 Å². The van der Waals surface area contributed by atoms with E-state index in [-0.39, 0.29) is 0 Å². The van der Waals surface area contributed by atoms with Crippen LogP contribution in [-0.2, 0) is 13.0 Å². The first kappa shape index (κ1) is 7.62. The number of hydrogen-bond donors (Lipinski definition) is 2. The van der Waals surface area contributed by atoms with Gasteiger partial charge in [0.2, 0.25) is 0 Å². The van der Waals surface area contributed by atoms with Crippen molar-refractivity contribution < 1.29 is 5.11 Å². The lowest BCUT2D eigenvalue weighted by atomic mass is 9.97. The molecule has 1 aromatic carbocycles. The number of phenols is 1. The topological polar surface area (TPSA) is 32.3 Å². The minimum absolute atomic E-state index is 0.366. The number of hydrogen-bond acceptors (Lipinski definition) is 2. The van der Waals surface area contributed by atoms with Gasteiger partial charge in [-0.2, -0.15) is 0 Å². The summed E-state index contributed by atoms with van der Waals surface area (Å²) in [5.41, 5.74) is 2.59. The number of benzene rings is 1. The van der Waals surface area contributed by atoms with Gasteiger partial charge in [0.1, 0.15) is 5.75 Å². The summed E-state index contributed by atoms with van der Waals surface area (Å²) in [4.78, 5) is 0. The average Bonchev–Trinajstić information content (AvgIpc) is 2.05. The fourth-order valence-electron chi connectivity index (χ4n) is 1.66. The molecule has 2 heteroatoms. The molecule has 0 fully saturated rings. The van der Waals surface area contributed by atoms with Crippen LogP contribution in [0.5, 0.6) is 5.75 Å². The third kappa shape index (κ3) is 1.30. The molecule has 12 heavy (non-hydrogen) atoms. The standard InChI is InChI=1S/C10H13NO/c1-7-4-8-2-3-10(12)5-9(8)6-11-7/h2-3,5,7,11-12H,4,6H2,1H3/t7-/m1/s1. The quantitative estimate of drug-likeness (QED) is 0.606. The van der Waals surface area contributed by atoms with Crippen molar-refractivity contribution in [3.63, 3.8) is 0 Å². The van der Waals surface area contributed by atoms with E-state index in [0.29, 0.717) is 11.8 Å². The van der Waals surface area contributed by atoms with E-state index in [1.54, 1.807) is 6.07 Å². The molecule has 0 aliphatic carbocycles. The van der Waals surface area contributed by atoms with Gasteiger partial charge < -0.3 is 10.4 Å².